The first-order valence-corrected chi connectivity index (χ1v) is 13.4. The van der Waals surface area contributed by atoms with Crippen LogP contribution in [0.25, 0.3) is 0 Å². The highest BCUT2D eigenvalue weighted by Crippen LogP contribution is 2.20. The van der Waals surface area contributed by atoms with Crippen LogP contribution in [-0.4, -0.2) is 96.6 Å². The van der Waals surface area contributed by atoms with E-state index >= 15 is 0 Å². The van der Waals surface area contributed by atoms with Gasteiger partial charge in [-0.1, -0.05) is 6.07 Å². The summed E-state index contributed by atoms with van der Waals surface area (Å²) in [4.78, 5) is 32.8. The first kappa shape index (κ1) is 28.1. The minimum absolute atomic E-state index is 0.277. The molecule has 202 valence electrons. The standard InChI is InChI=1S/C26H42FN5O4/c1-2-36-18-17-31(14-4-3-8-21-11-10-20-7-5-13-28-24(20)29-21)16-12-23(25(33)34)30-26(35)32-15-6-9-22(32)19-27/h10-11,22-23H,2-9,12-19H2,1H3,(H,28,29)(H,30,35)(H,33,34). The minimum atomic E-state index is -1.07. The molecule has 0 saturated carbocycles. The zero-order valence-electron chi connectivity index (χ0n) is 21.5. The third-order valence-electron chi connectivity index (χ3n) is 7.01. The van der Waals surface area contributed by atoms with Crippen LogP contribution in [0.15, 0.2) is 12.1 Å². The quantitative estimate of drug-likeness (QED) is 0.313. The number of amides is 2. The Morgan fingerprint density at radius 3 is 2.94 bits per heavy atom. The van der Waals surface area contributed by atoms with E-state index in [1.54, 1.807) is 0 Å². The van der Waals surface area contributed by atoms with Gasteiger partial charge in [0, 0.05) is 38.5 Å². The van der Waals surface area contributed by atoms with Crippen LogP contribution in [0.2, 0.25) is 0 Å². The SMILES string of the molecule is CCOCCN(CCCCc1ccc2c(n1)NCCC2)CCC(NC(=O)N1CCCC1CF)C(=O)O. The van der Waals surface area contributed by atoms with Gasteiger partial charge in [0.2, 0.25) is 0 Å². The molecule has 0 bridgehead atoms. The molecule has 2 aliphatic rings. The van der Waals surface area contributed by atoms with Crippen molar-refractivity contribution in [1.29, 1.82) is 0 Å². The van der Waals surface area contributed by atoms with Crippen LogP contribution in [0.4, 0.5) is 15.0 Å². The molecule has 0 aromatic carbocycles. The number of unbranched alkanes of at least 4 members (excludes halogenated alkanes) is 1. The van der Waals surface area contributed by atoms with Gasteiger partial charge in [0.25, 0.3) is 0 Å². The number of ether oxygens (including phenoxy) is 1. The average Bonchev–Trinajstić information content (AvgIpc) is 3.37. The second-order valence-corrected chi connectivity index (χ2v) is 9.61. The number of alkyl halides is 1. The number of nitrogens with zero attached hydrogens (tertiary/aromatic N) is 3. The highest BCUT2D eigenvalue weighted by atomic mass is 19.1. The number of anilines is 1. The number of rotatable bonds is 15. The number of carboxylic acid groups (broad SMARTS) is 1. The number of carbonyl (C=O) groups excluding carboxylic acids is 1. The summed E-state index contributed by atoms with van der Waals surface area (Å²) in [6, 6.07) is 2.33. The van der Waals surface area contributed by atoms with Gasteiger partial charge < -0.3 is 30.3 Å². The van der Waals surface area contributed by atoms with E-state index < -0.39 is 30.8 Å². The number of carbonyl (C=O) groups is 2. The number of carboxylic acids is 1. The fourth-order valence-electron chi connectivity index (χ4n) is 4.89. The number of aryl methyl sites for hydroxylation is 2. The van der Waals surface area contributed by atoms with Gasteiger partial charge in [0.05, 0.1) is 12.6 Å². The van der Waals surface area contributed by atoms with Gasteiger partial charge in [-0.2, -0.15) is 0 Å². The molecular weight excluding hydrogens is 465 g/mol. The van der Waals surface area contributed by atoms with Gasteiger partial charge in [-0.15, -0.1) is 0 Å². The number of hydrogen-bond acceptors (Lipinski definition) is 6. The van der Waals surface area contributed by atoms with E-state index in [0.717, 1.165) is 63.1 Å². The van der Waals surface area contributed by atoms with Crippen molar-refractivity contribution in [1.82, 2.24) is 20.1 Å². The van der Waals surface area contributed by atoms with Crippen molar-refractivity contribution in [2.45, 2.75) is 70.4 Å². The summed E-state index contributed by atoms with van der Waals surface area (Å²) >= 11 is 0. The van der Waals surface area contributed by atoms with Gasteiger partial charge in [0.1, 0.15) is 18.5 Å². The Balaban J connectivity index is 1.46. The van der Waals surface area contributed by atoms with E-state index in [1.807, 2.05) is 6.92 Å². The Kier molecular flexibility index (Phi) is 11.7. The van der Waals surface area contributed by atoms with E-state index in [0.29, 0.717) is 39.3 Å². The number of likely N-dealkylation sites (tertiary alicyclic amines) is 1. The van der Waals surface area contributed by atoms with Gasteiger partial charge in [-0.25, -0.2) is 19.0 Å². The zero-order valence-corrected chi connectivity index (χ0v) is 21.5. The van der Waals surface area contributed by atoms with Crippen molar-refractivity contribution >= 4 is 17.8 Å². The predicted octanol–water partition coefficient (Wildman–Crippen LogP) is 3.09. The van der Waals surface area contributed by atoms with Crippen molar-refractivity contribution in [3.8, 4) is 0 Å². The molecule has 1 aromatic heterocycles. The molecule has 1 fully saturated rings. The van der Waals surface area contributed by atoms with Crippen LogP contribution in [0.3, 0.4) is 0 Å². The molecule has 0 spiro atoms. The van der Waals surface area contributed by atoms with Crippen molar-refractivity contribution in [2.24, 2.45) is 0 Å². The molecular formula is C26H42FN5O4. The smallest absolute Gasteiger partial charge is 0.326 e. The summed E-state index contributed by atoms with van der Waals surface area (Å²) < 4.78 is 18.7. The van der Waals surface area contributed by atoms with Gasteiger partial charge in [0.15, 0.2) is 0 Å². The lowest BCUT2D eigenvalue weighted by Crippen LogP contribution is -2.50. The lowest BCUT2D eigenvalue weighted by molar-refractivity contribution is -0.139. The summed E-state index contributed by atoms with van der Waals surface area (Å²) in [5, 5.41) is 15.7. The molecule has 2 atom stereocenters. The molecule has 9 nitrogen and oxygen atoms in total. The van der Waals surface area contributed by atoms with Crippen LogP contribution in [0, 0.1) is 0 Å². The van der Waals surface area contributed by atoms with E-state index in [4.69, 9.17) is 9.72 Å². The first-order chi connectivity index (χ1) is 17.5. The van der Waals surface area contributed by atoms with Gasteiger partial charge in [-0.05, 0) is 76.5 Å². The molecule has 0 radical (unpaired) electrons. The van der Waals surface area contributed by atoms with E-state index in [9.17, 15) is 19.1 Å². The number of pyridine rings is 1. The largest absolute Gasteiger partial charge is 0.480 e. The number of nitrogens with one attached hydrogen (secondary N) is 2. The summed E-state index contributed by atoms with van der Waals surface area (Å²) in [6.07, 6.45) is 6.69. The fraction of sp³-hybridized carbons (Fsp3) is 0.731. The highest BCUT2D eigenvalue weighted by Gasteiger charge is 2.31. The topological polar surface area (TPSA) is 107 Å². The Hall–Kier alpha value is -2.46. The molecule has 1 saturated heterocycles. The lowest BCUT2D eigenvalue weighted by atomic mass is 10.1. The summed E-state index contributed by atoms with van der Waals surface area (Å²) in [6.45, 7) is 6.02. The van der Waals surface area contributed by atoms with E-state index in [-0.39, 0.29) is 6.42 Å². The van der Waals surface area contributed by atoms with Crippen molar-refractivity contribution < 1.29 is 23.8 Å². The maximum atomic E-state index is 13.2. The number of aromatic nitrogens is 1. The number of urea groups is 1. The normalized spacial score (nSPS) is 18.1. The molecule has 3 N–H and O–H groups in total. The zero-order chi connectivity index (χ0) is 25.8. The highest BCUT2D eigenvalue weighted by molar-refractivity contribution is 5.82. The summed E-state index contributed by atoms with van der Waals surface area (Å²) in [7, 11) is 0. The molecule has 10 heteroatoms. The van der Waals surface area contributed by atoms with Crippen LogP contribution in [0.5, 0.6) is 0 Å². The molecule has 0 aliphatic carbocycles. The van der Waals surface area contributed by atoms with Crippen LogP contribution < -0.4 is 10.6 Å². The van der Waals surface area contributed by atoms with Crippen molar-refractivity contribution in [3.63, 3.8) is 0 Å². The molecule has 2 amide bonds. The average molecular weight is 508 g/mol. The first-order valence-electron chi connectivity index (χ1n) is 13.4. The predicted molar refractivity (Wildman–Crippen MR) is 137 cm³/mol. The summed E-state index contributed by atoms with van der Waals surface area (Å²) in [5.74, 6) is -0.0539. The van der Waals surface area contributed by atoms with Crippen LogP contribution >= 0.6 is 0 Å². The summed E-state index contributed by atoms with van der Waals surface area (Å²) in [5.41, 5.74) is 2.38. The number of aliphatic carboxylic acids is 1. The second-order valence-electron chi connectivity index (χ2n) is 9.61. The second kappa shape index (κ2) is 14.9. The molecule has 2 unspecified atom stereocenters. The Morgan fingerprint density at radius 1 is 1.31 bits per heavy atom. The number of hydrogen-bond donors (Lipinski definition) is 3. The Bertz CT molecular complexity index is 843. The molecule has 3 heterocycles. The third kappa shape index (κ3) is 8.58. The minimum Gasteiger partial charge on any atom is -0.480 e. The number of halogens is 1. The Morgan fingerprint density at radius 2 is 2.17 bits per heavy atom. The van der Waals surface area contributed by atoms with Gasteiger partial charge in [-0.3, -0.25) is 0 Å². The fourth-order valence-corrected chi connectivity index (χ4v) is 4.89. The molecule has 1 aromatic rings. The molecule has 2 aliphatic heterocycles. The van der Waals surface area contributed by atoms with Gasteiger partial charge >= 0.3 is 12.0 Å². The molecule has 3 rings (SSSR count). The maximum Gasteiger partial charge on any atom is 0.326 e. The third-order valence-corrected chi connectivity index (χ3v) is 7.01. The lowest BCUT2D eigenvalue weighted by Gasteiger charge is -2.27. The molecule has 36 heavy (non-hydrogen) atoms. The van der Waals surface area contributed by atoms with E-state index in [2.05, 4.69) is 27.7 Å². The number of fused-ring (bicyclic) bond motifs is 1. The monoisotopic (exact) mass is 507 g/mol. The van der Waals surface area contributed by atoms with Crippen LogP contribution in [-0.2, 0) is 22.4 Å². The van der Waals surface area contributed by atoms with E-state index in [1.165, 1.54) is 10.5 Å². The van der Waals surface area contributed by atoms with Crippen molar-refractivity contribution in [2.75, 3.05) is 57.9 Å². The Labute approximate surface area is 213 Å². The van der Waals surface area contributed by atoms with Crippen LogP contribution in [0.1, 0.15) is 56.7 Å². The maximum absolute atomic E-state index is 13.2. The van der Waals surface area contributed by atoms with Crippen molar-refractivity contribution in [3.05, 3.63) is 23.4 Å².